The summed E-state index contributed by atoms with van der Waals surface area (Å²) in [6, 6.07) is 27.3. The zero-order valence-electron chi connectivity index (χ0n) is 17.7. The summed E-state index contributed by atoms with van der Waals surface area (Å²) in [7, 11) is 0. The summed E-state index contributed by atoms with van der Waals surface area (Å²) >= 11 is 0. The molecule has 0 saturated carbocycles. The summed E-state index contributed by atoms with van der Waals surface area (Å²) in [6.45, 7) is 7.24. The molecule has 30 heavy (non-hydrogen) atoms. The first kappa shape index (κ1) is 16.7. The summed E-state index contributed by atoms with van der Waals surface area (Å²) in [6.07, 6.45) is 0. The van der Waals surface area contributed by atoms with E-state index < -0.39 is 0 Å². The van der Waals surface area contributed by atoms with E-state index in [0.29, 0.717) is 17.8 Å². The first-order chi connectivity index (χ1) is 14.7. The number of hydrogen-bond acceptors (Lipinski definition) is 0. The summed E-state index contributed by atoms with van der Waals surface area (Å²) in [5.74, 6) is 1.30. The van der Waals surface area contributed by atoms with Gasteiger partial charge in [-0.15, -0.1) is 0 Å². The second-order valence-corrected chi connectivity index (χ2v) is 9.29. The van der Waals surface area contributed by atoms with Crippen LogP contribution < -0.4 is 0 Å². The minimum Gasteiger partial charge on any atom is -0.0619 e. The van der Waals surface area contributed by atoms with Crippen LogP contribution >= 0.6 is 0 Å². The van der Waals surface area contributed by atoms with Gasteiger partial charge in [0, 0.05) is 17.8 Å². The quantitative estimate of drug-likeness (QED) is 0.287. The standard InChI is InChI=1S/C30H24/c1-16-19-10-4-7-13-22(19)28-25(16)29-23-14-8-5-11-20(23)17(2)27(29)30-24-15-9-6-12-21(24)18(3)26(28)30/h4-18H,1-3H3/t16-,17-,18-/m0/s1. The Morgan fingerprint density at radius 3 is 0.967 bits per heavy atom. The molecule has 0 bridgehead atoms. The highest BCUT2D eigenvalue weighted by Crippen LogP contribution is 2.63. The highest BCUT2D eigenvalue weighted by atomic mass is 14.5. The molecule has 0 heterocycles. The first-order valence-corrected chi connectivity index (χ1v) is 11.2. The van der Waals surface area contributed by atoms with E-state index in [2.05, 4.69) is 93.6 Å². The summed E-state index contributed by atoms with van der Waals surface area (Å²) in [4.78, 5) is 0. The fraction of sp³-hybridized carbons (Fsp3) is 0.200. The topological polar surface area (TPSA) is 0 Å². The van der Waals surface area contributed by atoms with Gasteiger partial charge in [-0.25, -0.2) is 0 Å². The smallest absolute Gasteiger partial charge is 0.00796 e. The van der Waals surface area contributed by atoms with Crippen molar-refractivity contribution in [1.82, 2.24) is 0 Å². The monoisotopic (exact) mass is 384 g/mol. The van der Waals surface area contributed by atoms with Gasteiger partial charge < -0.3 is 0 Å². The fourth-order valence-corrected chi connectivity index (χ4v) is 6.75. The van der Waals surface area contributed by atoms with Crippen LogP contribution in [0.5, 0.6) is 0 Å². The molecule has 0 heteroatoms. The van der Waals surface area contributed by atoms with Crippen LogP contribution in [0.15, 0.2) is 72.8 Å². The van der Waals surface area contributed by atoms with E-state index in [4.69, 9.17) is 0 Å². The zero-order valence-corrected chi connectivity index (χ0v) is 17.7. The first-order valence-electron chi connectivity index (χ1n) is 11.2. The van der Waals surface area contributed by atoms with E-state index in [-0.39, 0.29) is 0 Å². The molecule has 0 saturated heterocycles. The van der Waals surface area contributed by atoms with Gasteiger partial charge in [0.25, 0.3) is 0 Å². The normalized spacial score (nSPS) is 21.5. The Morgan fingerprint density at radius 2 is 0.667 bits per heavy atom. The number of benzene rings is 4. The SMILES string of the molecule is C[C@H]1c2ccccc2-c2c1c1c(c3c2[C@@H](C)c2ccccc2-3)[C@@H](C)c2ccccc2-1. The van der Waals surface area contributed by atoms with E-state index in [1.165, 1.54) is 50.1 Å². The minimum atomic E-state index is 0.435. The van der Waals surface area contributed by atoms with Gasteiger partial charge in [-0.2, -0.15) is 0 Å². The highest BCUT2D eigenvalue weighted by Gasteiger charge is 2.43. The molecule has 0 nitrogen and oxygen atoms in total. The average Bonchev–Trinajstić information content (AvgIpc) is 3.36. The summed E-state index contributed by atoms with van der Waals surface area (Å²) in [5.41, 5.74) is 18.1. The van der Waals surface area contributed by atoms with Crippen molar-refractivity contribution in [3.63, 3.8) is 0 Å². The van der Waals surface area contributed by atoms with Crippen LogP contribution in [0, 0.1) is 0 Å². The van der Waals surface area contributed by atoms with Gasteiger partial charge in [0.2, 0.25) is 0 Å². The number of rotatable bonds is 0. The molecule has 0 fully saturated rings. The Labute approximate surface area is 178 Å². The maximum atomic E-state index is 2.41. The highest BCUT2D eigenvalue weighted by molar-refractivity contribution is 6.02. The van der Waals surface area contributed by atoms with Crippen molar-refractivity contribution in [3.05, 3.63) is 106 Å². The van der Waals surface area contributed by atoms with Crippen molar-refractivity contribution in [2.45, 2.75) is 38.5 Å². The lowest BCUT2D eigenvalue weighted by Gasteiger charge is -2.21. The Bertz CT molecular complexity index is 1200. The Kier molecular flexibility index (Phi) is 3.06. The molecular formula is C30H24. The summed E-state index contributed by atoms with van der Waals surface area (Å²) in [5, 5.41) is 0. The minimum absolute atomic E-state index is 0.435. The third kappa shape index (κ3) is 1.76. The lowest BCUT2D eigenvalue weighted by Crippen LogP contribution is -2.02. The lowest BCUT2D eigenvalue weighted by atomic mass is 9.81. The molecule has 4 aromatic rings. The second-order valence-electron chi connectivity index (χ2n) is 9.29. The van der Waals surface area contributed by atoms with Crippen LogP contribution in [0.2, 0.25) is 0 Å². The van der Waals surface area contributed by atoms with Gasteiger partial charge in [0.05, 0.1) is 0 Å². The Morgan fingerprint density at radius 1 is 0.400 bits per heavy atom. The summed E-state index contributed by atoms with van der Waals surface area (Å²) < 4.78 is 0. The molecule has 3 atom stereocenters. The van der Waals surface area contributed by atoms with Crippen LogP contribution in [0.1, 0.15) is 71.9 Å². The van der Waals surface area contributed by atoms with Gasteiger partial charge in [0.15, 0.2) is 0 Å². The van der Waals surface area contributed by atoms with E-state index in [0.717, 1.165) is 0 Å². The van der Waals surface area contributed by atoms with E-state index in [9.17, 15) is 0 Å². The molecule has 0 radical (unpaired) electrons. The van der Waals surface area contributed by atoms with Gasteiger partial charge in [-0.3, -0.25) is 0 Å². The van der Waals surface area contributed by atoms with Crippen LogP contribution in [0.3, 0.4) is 0 Å². The predicted molar refractivity (Wildman–Crippen MR) is 125 cm³/mol. The van der Waals surface area contributed by atoms with Crippen molar-refractivity contribution < 1.29 is 0 Å². The van der Waals surface area contributed by atoms with Gasteiger partial charge in [-0.1, -0.05) is 93.6 Å². The molecule has 0 spiro atoms. The second kappa shape index (κ2) is 5.52. The molecular weight excluding hydrogens is 360 g/mol. The van der Waals surface area contributed by atoms with E-state index in [1.807, 2.05) is 0 Å². The van der Waals surface area contributed by atoms with Crippen molar-refractivity contribution in [3.8, 4) is 33.4 Å². The molecule has 3 aliphatic rings. The van der Waals surface area contributed by atoms with Gasteiger partial charge in [0.1, 0.15) is 0 Å². The molecule has 0 amide bonds. The van der Waals surface area contributed by atoms with Crippen LogP contribution in [0.4, 0.5) is 0 Å². The Hall–Kier alpha value is -3.12. The van der Waals surface area contributed by atoms with Crippen LogP contribution in [0.25, 0.3) is 33.4 Å². The molecule has 4 aromatic carbocycles. The van der Waals surface area contributed by atoms with Crippen LogP contribution in [-0.4, -0.2) is 0 Å². The molecule has 7 rings (SSSR count). The number of fused-ring (bicyclic) bond motifs is 12. The lowest BCUT2D eigenvalue weighted by molar-refractivity contribution is 0.921. The van der Waals surface area contributed by atoms with E-state index in [1.54, 1.807) is 16.7 Å². The number of hydrogen-bond donors (Lipinski definition) is 0. The third-order valence-electron chi connectivity index (χ3n) is 8.00. The third-order valence-corrected chi connectivity index (χ3v) is 8.00. The zero-order chi connectivity index (χ0) is 20.1. The average molecular weight is 385 g/mol. The van der Waals surface area contributed by atoms with Gasteiger partial charge >= 0.3 is 0 Å². The molecule has 144 valence electrons. The fourth-order valence-electron chi connectivity index (χ4n) is 6.75. The maximum absolute atomic E-state index is 2.41. The molecule has 0 unspecified atom stereocenters. The molecule has 0 aliphatic heterocycles. The Balaban J connectivity index is 1.72. The van der Waals surface area contributed by atoms with Gasteiger partial charge in [-0.05, 0) is 66.8 Å². The largest absolute Gasteiger partial charge is 0.0619 e. The van der Waals surface area contributed by atoms with Crippen molar-refractivity contribution in [2.24, 2.45) is 0 Å². The molecule has 0 aromatic heterocycles. The van der Waals surface area contributed by atoms with Crippen LogP contribution in [-0.2, 0) is 0 Å². The van der Waals surface area contributed by atoms with E-state index >= 15 is 0 Å². The maximum Gasteiger partial charge on any atom is 0.00796 e. The molecule has 3 aliphatic carbocycles. The molecule has 0 N–H and O–H groups in total. The predicted octanol–water partition coefficient (Wildman–Crippen LogP) is 8.08. The van der Waals surface area contributed by atoms with Crippen molar-refractivity contribution in [1.29, 1.82) is 0 Å². The van der Waals surface area contributed by atoms with Crippen molar-refractivity contribution >= 4 is 0 Å². The van der Waals surface area contributed by atoms with Crippen molar-refractivity contribution in [2.75, 3.05) is 0 Å².